The van der Waals surface area contributed by atoms with Gasteiger partial charge in [0.05, 0.1) is 18.7 Å². The fraction of sp³-hybridized carbons (Fsp3) is 0.316. The van der Waals surface area contributed by atoms with E-state index < -0.39 is 0 Å². The van der Waals surface area contributed by atoms with Crippen molar-refractivity contribution in [3.8, 4) is 5.75 Å². The maximum absolute atomic E-state index is 12.1. The summed E-state index contributed by atoms with van der Waals surface area (Å²) in [5.41, 5.74) is 1.43. The Kier molecular flexibility index (Phi) is 6.51. The van der Waals surface area contributed by atoms with Gasteiger partial charge in [-0.25, -0.2) is 0 Å². The largest absolute Gasteiger partial charge is 0.491 e. The van der Waals surface area contributed by atoms with Gasteiger partial charge in [0.2, 0.25) is 5.91 Å². The molecule has 2 N–H and O–H groups in total. The Morgan fingerprint density at radius 1 is 1.04 bits per heavy atom. The van der Waals surface area contributed by atoms with Crippen LogP contribution in [-0.4, -0.2) is 29.4 Å². The zero-order chi connectivity index (χ0) is 18.2. The molecule has 0 aliphatic rings. The summed E-state index contributed by atoms with van der Waals surface area (Å²) in [6.45, 7) is 5.67. The number of benzene rings is 1. The first-order valence-corrected chi connectivity index (χ1v) is 8.20. The normalized spacial score (nSPS) is 11.7. The predicted molar refractivity (Wildman–Crippen MR) is 95.3 cm³/mol. The summed E-state index contributed by atoms with van der Waals surface area (Å²) in [7, 11) is 0. The van der Waals surface area contributed by atoms with Crippen LogP contribution in [0.5, 0.6) is 5.75 Å². The summed E-state index contributed by atoms with van der Waals surface area (Å²) in [6.07, 6.45) is 3.42. The lowest BCUT2D eigenvalue weighted by Gasteiger charge is -2.14. The molecule has 2 amide bonds. The number of carbonyl (C=O) groups is 2. The van der Waals surface area contributed by atoms with Gasteiger partial charge in [-0.2, -0.15) is 0 Å². The van der Waals surface area contributed by atoms with Crippen molar-refractivity contribution < 1.29 is 14.3 Å². The summed E-state index contributed by atoms with van der Waals surface area (Å²) < 4.78 is 5.53. The van der Waals surface area contributed by atoms with Gasteiger partial charge in [-0.15, -0.1) is 0 Å². The molecule has 132 valence electrons. The highest BCUT2D eigenvalue weighted by molar-refractivity contribution is 5.96. The van der Waals surface area contributed by atoms with Gasteiger partial charge in [-0.05, 0) is 62.7 Å². The maximum atomic E-state index is 12.1. The minimum atomic E-state index is -0.303. The lowest BCUT2D eigenvalue weighted by Crippen LogP contribution is -2.38. The number of hydrogen-bond acceptors (Lipinski definition) is 4. The molecule has 0 bridgehead atoms. The monoisotopic (exact) mass is 341 g/mol. The second-order valence-corrected chi connectivity index (χ2v) is 5.94. The van der Waals surface area contributed by atoms with Crippen molar-refractivity contribution in [3.63, 3.8) is 0 Å². The zero-order valence-electron chi connectivity index (χ0n) is 14.7. The highest BCUT2D eigenvalue weighted by atomic mass is 16.5. The van der Waals surface area contributed by atoms with Gasteiger partial charge in [-0.3, -0.25) is 14.6 Å². The molecule has 1 heterocycles. The smallest absolute Gasteiger partial charge is 0.251 e. The van der Waals surface area contributed by atoms with Gasteiger partial charge in [0.25, 0.3) is 5.91 Å². The van der Waals surface area contributed by atoms with E-state index in [1.165, 1.54) is 0 Å². The number of amides is 2. The van der Waals surface area contributed by atoms with Gasteiger partial charge in [-0.1, -0.05) is 0 Å². The Balaban J connectivity index is 1.82. The average Bonchev–Trinajstić information content (AvgIpc) is 2.60. The van der Waals surface area contributed by atoms with E-state index in [9.17, 15) is 9.59 Å². The summed E-state index contributed by atoms with van der Waals surface area (Å²) in [5.74, 6) is 0.149. The van der Waals surface area contributed by atoms with Gasteiger partial charge >= 0.3 is 0 Å². The van der Waals surface area contributed by atoms with Crippen LogP contribution in [0.2, 0.25) is 0 Å². The van der Waals surface area contributed by atoms with E-state index in [2.05, 4.69) is 15.6 Å². The first-order valence-electron chi connectivity index (χ1n) is 8.20. The molecule has 0 spiro atoms. The van der Waals surface area contributed by atoms with Crippen LogP contribution in [0.4, 0.5) is 0 Å². The van der Waals surface area contributed by atoms with Crippen molar-refractivity contribution in [2.45, 2.75) is 32.9 Å². The van der Waals surface area contributed by atoms with Crippen LogP contribution in [0, 0.1) is 0 Å². The highest BCUT2D eigenvalue weighted by Gasteiger charge is 2.11. The van der Waals surface area contributed by atoms with E-state index in [0.717, 1.165) is 5.56 Å². The number of ether oxygens (including phenoxy) is 1. The number of aromatic nitrogens is 1. The summed E-state index contributed by atoms with van der Waals surface area (Å²) >= 11 is 0. The molecule has 25 heavy (non-hydrogen) atoms. The number of rotatable bonds is 7. The number of nitrogens with one attached hydrogen (secondary N) is 2. The van der Waals surface area contributed by atoms with Crippen molar-refractivity contribution in [3.05, 3.63) is 59.9 Å². The first kappa shape index (κ1) is 18.4. The van der Waals surface area contributed by atoms with Crippen LogP contribution in [0.3, 0.4) is 0 Å². The number of hydrogen-bond donors (Lipinski definition) is 2. The lowest BCUT2D eigenvalue weighted by molar-refractivity contribution is -0.120. The quantitative estimate of drug-likeness (QED) is 0.811. The molecule has 0 fully saturated rings. The molecule has 6 heteroatoms. The molecule has 0 saturated heterocycles. The van der Waals surface area contributed by atoms with Crippen LogP contribution >= 0.6 is 0 Å². The topological polar surface area (TPSA) is 80.3 Å². The molecule has 6 nitrogen and oxygen atoms in total. The molecule has 0 aliphatic heterocycles. The van der Waals surface area contributed by atoms with Crippen molar-refractivity contribution in [2.24, 2.45) is 0 Å². The van der Waals surface area contributed by atoms with Crippen LogP contribution < -0.4 is 15.4 Å². The fourth-order valence-electron chi connectivity index (χ4n) is 2.25. The molecule has 2 aromatic rings. The van der Waals surface area contributed by atoms with E-state index in [0.29, 0.717) is 11.3 Å². The van der Waals surface area contributed by atoms with E-state index >= 15 is 0 Å². The van der Waals surface area contributed by atoms with E-state index in [4.69, 9.17) is 4.74 Å². The number of nitrogens with zero attached hydrogens (tertiary/aromatic N) is 1. The third-order valence-electron chi connectivity index (χ3n) is 3.48. The molecule has 1 aromatic carbocycles. The summed E-state index contributed by atoms with van der Waals surface area (Å²) in [4.78, 5) is 28.0. The van der Waals surface area contributed by atoms with Crippen molar-refractivity contribution in [1.29, 1.82) is 0 Å². The van der Waals surface area contributed by atoms with Crippen LogP contribution in [0.1, 0.15) is 42.7 Å². The fourth-order valence-corrected chi connectivity index (χ4v) is 2.25. The molecule has 0 radical (unpaired) electrons. The van der Waals surface area contributed by atoms with Crippen molar-refractivity contribution >= 4 is 11.8 Å². The maximum Gasteiger partial charge on any atom is 0.251 e. The van der Waals surface area contributed by atoms with Crippen LogP contribution in [-0.2, 0) is 4.79 Å². The number of carbonyl (C=O) groups excluding carboxylic acids is 2. The minimum Gasteiger partial charge on any atom is -0.491 e. The summed E-state index contributed by atoms with van der Waals surface area (Å²) in [6, 6.07) is 10.3. The Hall–Kier alpha value is -2.89. The Morgan fingerprint density at radius 3 is 2.28 bits per heavy atom. The number of pyridine rings is 1. The van der Waals surface area contributed by atoms with Gasteiger partial charge in [0.1, 0.15) is 5.75 Å². The second kappa shape index (κ2) is 8.82. The third kappa shape index (κ3) is 5.91. The van der Waals surface area contributed by atoms with Crippen molar-refractivity contribution in [1.82, 2.24) is 15.6 Å². The molecule has 0 aliphatic carbocycles. The average molecular weight is 341 g/mol. The molecule has 1 aromatic heterocycles. The second-order valence-electron chi connectivity index (χ2n) is 5.94. The van der Waals surface area contributed by atoms with Gasteiger partial charge < -0.3 is 15.4 Å². The van der Waals surface area contributed by atoms with E-state index in [1.807, 2.05) is 32.9 Å². The Morgan fingerprint density at radius 2 is 1.68 bits per heavy atom. The van der Waals surface area contributed by atoms with Crippen LogP contribution in [0.15, 0.2) is 48.8 Å². The molecule has 1 atom stereocenters. The van der Waals surface area contributed by atoms with E-state index in [1.54, 1.807) is 36.7 Å². The molecule has 0 saturated carbocycles. The van der Waals surface area contributed by atoms with Crippen molar-refractivity contribution in [2.75, 3.05) is 6.54 Å². The highest BCUT2D eigenvalue weighted by Crippen LogP contribution is 2.14. The SMILES string of the molecule is CC(C)Oc1ccc(C(=O)NCC(=O)NC(C)c2ccncc2)cc1. The van der Waals surface area contributed by atoms with Gasteiger partial charge in [0, 0.05) is 18.0 Å². The molecular weight excluding hydrogens is 318 g/mol. The standard InChI is InChI=1S/C19H23N3O3/c1-13(2)25-17-6-4-16(5-7-17)19(24)21-12-18(23)22-14(3)15-8-10-20-11-9-15/h4-11,13-14H,12H2,1-3H3,(H,21,24)(H,22,23). The molecule has 2 rings (SSSR count). The third-order valence-corrected chi connectivity index (χ3v) is 3.48. The first-order chi connectivity index (χ1) is 12.0. The molecular formula is C19H23N3O3. The van der Waals surface area contributed by atoms with Crippen LogP contribution in [0.25, 0.3) is 0 Å². The van der Waals surface area contributed by atoms with E-state index in [-0.39, 0.29) is 30.5 Å². The zero-order valence-corrected chi connectivity index (χ0v) is 14.7. The Labute approximate surface area is 147 Å². The molecule has 1 unspecified atom stereocenters. The lowest BCUT2D eigenvalue weighted by atomic mass is 10.1. The van der Waals surface area contributed by atoms with Gasteiger partial charge in [0.15, 0.2) is 0 Å². The predicted octanol–water partition coefficient (Wildman–Crippen LogP) is 2.48. The summed E-state index contributed by atoms with van der Waals surface area (Å²) in [5, 5.41) is 5.44. The minimum absolute atomic E-state index is 0.0748. The Bertz CT molecular complexity index is 700.